The van der Waals surface area contributed by atoms with Crippen LogP contribution in [-0.2, 0) is 33.3 Å². The van der Waals surface area contributed by atoms with Gasteiger partial charge in [-0.3, -0.25) is 4.79 Å². The summed E-state index contributed by atoms with van der Waals surface area (Å²) in [6.07, 6.45) is 1.80. The van der Waals surface area contributed by atoms with Crippen LogP contribution in [0.25, 0.3) is 0 Å². The van der Waals surface area contributed by atoms with Crippen LogP contribution in [-0.4, -0.2) is 50.3 Å². The SMILES string of the molecule is CN(C)c1cc(C(=O)O)ccc1N(Cc1cc(C2CC2)cc(C(C)(C)C)c1)C(=O)CN(Cc1c(F)cc(F)cc1F)S(=O)(=O)c1c(F)c(F)c(F)c(F)c1F. The Kier molecular flexibility index (Phi) is 11.4. The number of carboxylic acids is 1. The molecule has 4 aromatic carbocycles. The topological polar surface area (TPSA) is 98.2 Å². The number of hydrogen-bond acceptors (Lipinski definition) is 5. The molecule has 5 rings (SSSR count). The molecule has 4 aromatic rings. The predicted octanol–water partition coefficient (Wildman–Crippen LogP) is 8.16. The summed E-state index contributed by atoms with van der Waals surface area (Å²) >= 11 is 0. The van der Waals surface area contributed by atoms with Gasteiger partial charge >= 0.3 is 5.97 Å². The van der Waals surface area contributed by atoms with Gasteiger partial charge in [0.15, 0.2) is 28.2 Å². The largest absolute Gasteiger partial charge is 0.478 e. The number of aromatic carboxylic acids is 1. The van der Waals surface area contributed by atoms with E-state index in [-0.39, 0.29) is 45.8 Å². The first kappa shape index (κ1) is 41.1. The van der Waals surface area contributed by atoms with E-state index < -0.39 is 97.4 Å². The highest BCUT2D eigenvalue weighted by atomic mass is 32.2. The summed E-state index contributed by atoms with van der Waals surface area (Å²) < 4.78 is 144. The van der Waals surface area contributed by atoms with E-state index >= 15 is 8.78 Å². The van der Waals surface area contributed by atoms with Crippen molar-refractivity contribution >= 4 is 33.3 Å². The third-order valence-electron chi connectivity index (χ3n) is 9.09. The van der Waals surface area contributed by atoms with Crippen molar-refractivity contribution in [1.29, 1.82) is 0 Å². The molecule has 55 heavy (non-hydrogen) atoms. The number of carbonyl (C=O) groups excluding carboxylic acids is 1. The van der Waals surface area contributed by atoms with Gasteiger partial charge in [0.2, 0.25) is 21.7 Å². The quantitative estimate of drug-likeness (QED) is 0.0883. The summed E-state index contributed by atoms with van der Waals surface area (Å²) in [5.74, 6) is -20.8. The first-order valence-electron chi connectivity index (χ1n) is 16.7. The minimum absolute atomic E-state index is 0.0122. The summed E-state index contributed by atoms with van der Waals surface area (Å²) in [5, 5.41) is 9.68. The number of halogens is 8. The van der Waals surface area contributed by atoms with E-state index in [1.54, 1.807) is 6.07 Å². The first-order valence-corrected chi connectivity index (χ1v) is 18.1. The van der Waals surface area contributed by atoms with E-state index in [1.807, 2.05) is 32.9 Å². The fourth-order valence-corrected chi connectivity index (χ4v) is 7.40. The van der Waals surface area contributed by atoms with Gasteiger partial charge in [-0.2, -0.15) is 4.31 Å². The van der Waals surface area contributed by atoms with Gasteiger partial charge in [0.05, 0.1) is 30.0 Å². The minimum Gasteiger partial charge on any atom is -0.478 e. The maximum Gasteiger partial charge on any atom is 0.335 e. The second kappa shape index (κ2) is 15.2. The van der Waals surface area contributed by atoms with Crippen LogP contribution in [0, 0.1) is 46.5 Å². The van der Waals surface area contributed by atoms with Crippen LogP contribution >= 0.6 is 0 Å². The molecule has 0 aliphatic heterocycles. The highest BCUT2D eigenvalue weighted by Crippen LogP contribution is 2.42. The lowest BCUT2D eigenvalue weighted by Crippen LogP contribution is -2.43. The van der Waals surface area contributed by atoms with Gasteiger partial charge in [0.1, 0.15) is 17.5 Å². The standard InChI is InChI=1S/C38H35F8N3O5S/c1-38(2,3)23-11-19(10-22(12-23)20-6-7-20)16-49(28-9-8-21(37(51)52)13-29(28)47(4)5)30(50)18-48(17-25-26(40)14-24(39)15-27(25)41)55(53,54)36-34(45)32(43)31(42)33(44)35(36)46/h8-15,20H,6-7,16-18H2,1-5H3,(H,51,52). The number of carboxylic acid groups (broad SMARTS) is 1. The second-order valence-corrected chi connectivity index (χ2v) is 16.3. The van der Waals surface area contributed by atoms with Crippen LogP contribution in [0.1, 0.15) is 72.1 Å². The minimum atomic E-state index is -6.06. The van der Waals surface area contributed by atoms with E-state index in [1.165, 1.54) is 31.1 Å². The molecule has 8 nitrogen and oxygen atoms in total. The van der Waals surface area contributed by atoms with Gasteiger partial charge in [-0.1, -0.05) is 39.0 Å². The average molecular weight is 798 g/mol. The molecular weight excluding hydrogens is 762 g/mol. The van der Waals surface area contributed by atoms with Crippen molar-refractivity contribution in [3.8, 4) is 0 Å². The molecular formula is C38H35F8N3O5S. The number of amides is 1. The summed E-state index contributed by atoms with van der Waals surface area (Å²) in [7, 11) is -3.03. The molecule has 1 saturated carbocycles. The Balaban J connectivity index is 1.72. The van der Waals surface area contributed by atoms with Crippen LogP contribution in [0.4, 0.5) is 46.5 Å². The average Bonchev–Trinajstić information content (AvgIpc) is 3.95. The van der Waals surface area contributed by atoms with E-state index in [9.17, 15) is 49.5 Å². The van der Waals surface area contributed by atoms with Crippen molar-refractivity contribution < 1.29 is 58.2 Å². The van der Waals surface area contributed by atoms with E-state index in [0.717, 1.165) is 34.9 Å². The lowest BCUT2D eigenvalue weighted by molar-refractivity contribution is -0.119. The van der Waals surface area contributed by atoms with Gasteiger partial charge in [0, 0.05) is 38.3 Å². The zero-order chi connectivity index (χ0) is 40.9. The van der Waals surface area contributed by atoms with Crippen LogP contribution in [0.3, 0.4) is 0 Å². The number of hydrogen-bond donors (Lipinski definition) is 1. The lowest BCUT2D eigenvalue weighted by Gasteiger charge is -2.31. The van der Waals surface area contributed by atoms with Crippen molar-refractivity contribution in [3.63, 3.8) is 0 Å². The molecule has 0 spiro atoms. The highest BCUT2D eigenvalue weighted by molar-refractivity contribution is 7.89. The van der Waals surface area contributed by atoms with E-state index in [2.05, 4.69) is 0 Å². The van der Waals surface area contributed by atoms with Gasteiger partial charge < -0.3 is 14.9 Å². The van der Waals surface area contributed by atoms with Crippen LogP contribution in [0.5, 0.6) is 0 Å². The van der Waals surface area contributed by atoms with E-state index in [0.29, 0.717) is 5.56 Å². The molecule has 1 aliphatic rings. The Labute approximate surface area is 311 Å². The normalized spacial score (nSPS) is 13.3. The number of anilines is 2. The van der Waals surface area contributed by atoms with Crippen LogP contribution in [0.15, 0.2) is 53.4 Å². The molecule has 0 heterocycles. The van der Waals surface area contributed by atoms with Crippen molar-refractivity contribution in [2.24, 2.45) is 0 Å². The molecule has 1 fully saturated rings. The Hall–Kier alpha value is -5.03. The molecule has 0 saturated heterocycles. The number of rotatable bonds is 12. The van der Waals surface area contributed by atoms with Crippen molar-refractivity contribution in [2.75, 3.05) is 30.4 Å². The number of benzene rings is 4. The van der Waals surface area contributed by atoms with Crippen molar-refractivity contribution in [3.05, 3.63) is 123 Å². The Morgan fingerprint density at radius 2 is 1.33 bits per heavy atom. The van der Waals surface area contributed by atoms with Gasteiger partial charge in [-0.05, 0) is 59.1 Å². The highest BCUT2D eigenvalue weighted by Gasteiger charge is 2.40. The summed E-state index contributed by atoms with van der Waals surface area (Å²) in [6, 6.07) is 9.55. The maximum absolute atomic E-state index is 15.1. The monoisotopic (exact) mass is 797 g/mol. The smallest absolute Gasteiger partial charge is 0.335 e. The molecule has 0 radical (unpaired) electrons. The Morgan fingerprint density at radius 3 is 1.84 bits per heavy atom. The maximum atomic E-state index is 15.1. The van der Waals surface area contributed by atoms with E-state index in [4.69, 9.17) is 0 Å². The number of nitrogens with zero attached hydrogens (tertiary/aromatic N) is 3. The summed E-state index contributed by atoms with van der Waals surface area (Å²) in [5.41, 5.74) is 0.610. The number of carbonyl (C=O) groups is 2. The first-order chi connectivity index (χ1) is 25.5. The summed E-state index contributed by atoms with van der Waals surface area (Å²) in [6.45, 7) is 2.41. The zero-order valence-electron chi connectivity index (χ0n) is 30.1. The van der Waals surface area contributed by atoms with Gasteiger partial charge in [-0.25, -0.2) is 48.3 Å². The molecule has 0 atom stereocenters. The molecule has 0 bridgehead atoms. The molecule has 1 aliphatic carbocycles. The number of sulfonamides is 1. The lowest BCUT2D eigenvalue weighted by atomic mass is 9.84. The molecule has 294 valence electrons. The van der Waals surface area contributed by atoms with Crippen molar-refractivity contribution in [2.45, 2.75) is 62.9 Å². The third-order valence-corrected chi connectivity index (χ3v) is 10.9. The van der Waals surface area contributed by atoms with Crippen LogP contribution in [0.2, 0.25) is 0 Å². The van der Waals surface area contributed by atoms with Crippen LogP contribution < -0.4 is 9.80 Å². The fraction of sp³-hybridized carbons (Fsp3) is 0.316. The Morgan fingerprint density at radius 1 is 0.764 bits per heavy atom. The van der Waals surface area contributed by atoms with Crippen molar-refractivity contribution in [1.82, 2.24) is 4.31 Å². The Bertz CT molecular complexity index is 2260. The fourth-order valence-electron chi connectivity index (χ4n) is 5.93. The zero-order valence-corrected chi connectivity index (χ0v) is 30.9. The molecule has 0 unspecified atom stereocenters. The second-order valence-electron chi connectivity index (χ2n) is 14.4. The van der Waals surface area contributed by atoms with Gasteiger partial charge in [0.25, 0.3) is 0 Å². The predicted molar refractivity (Wildman–Crippen MR) is 186 cm³/mol. The third kappa shape index (κ3) is 8.47. The molecule has 1 amide bonds. The molecule has 0 aromatic heterocycles. The molecule has 1 N–H and O–H groups in total. The summed E-state index contributed by atoms with van der Waals surface area (Å²) in [4.78, 5) is 26.5. The van der Waals surface area contributed by atoms with Gasteiger partial charge in [-0.15, -0.1) is 0 Å². The molecule has 17 heteroatoms.